The molecule has 0 bridgehead atoms. The van der Waals surface area contributed by atoms with Gasteiger partial charge >= 0.3 is 5.97 Å². The quantitative estimate of drug-likeness (QED) is 0.796. The van der Waals surface area contributed by atoms with E-state index in [-0.39, 0.29) is 17.9 Å². The molecule has 2 rings (SSSR count). The van der Waals surface area contributed by atoms with Gasteiger partial charge in [-0.1, -0.05) is 35.5 Å². The average molecular weight is 246 g/mol. The maximum atomic E-state index is 11.1. The molecule has 0 aliphatic rings. The molecule has 0 atom stereocenters. The molecule has 0 saturated heterocycles. The van der Waals surface area contributed by atoms with E-state index in [0.29, 0.717) is 5.56 Å². The largest absolute Gasteiger partial charge is 0.476 e. The Balaban J connectivity index is 2.57. The number of aromatic nitrogens is 3. The molecule has 18 heavy (non-hydrogen) atoms. The van der Waals surface area contributed by atoms with E-state index < -0.39 is 11.9 Å². The minimum atomic E-state index is -1.20. The Morgan fingerprint density at radius 2 is 1.94 bits per heavy atom. The lowest BCUT2D eigenvalue weighted by Crippen LogP contribution is -2.20. The van der Waals surface area contributed by atoms with Crippen molar-refractivity contribution in [3.63, 3.8) is 0 Å². The van der Waals surface area contributed by atoms with E-state index in [4.69, 9.17) is 10.8 Å². The van der Waals surface area contributed by atoms with Crippen LogP contribution in [0, 0.1) is 0 Å². The van der Waals surface area contributed by atoms with Gasteiger partial charge in [0, 0.05) is 5.56 Å². The van der Waals surface area contributed by atoms with Crippen LogP contribution in [-0.4, -0.2) is 32.0 Å². The highest BCUT2D eigenvalue weighted by molar-refractivity contribution is 5.92. The number of carbonyl (C=O) groups excluding carboxylic acids is 1. The number of hydrogen-bond donors (Lipinski definition) is 2. The zero-order valence-corrected chi connectivity index (χ0v) is 9.28. The van der Waals surface area contributed by atoms with Crippen LogP contribution in [0.2, 0.25) is 0 Å². The van der Waals surface area contributed by atoms with E-state index in [1.807, 2.05) is 0 Å². The van der Waals surface area contributed by atoms with Gasteiger partial charge in [0.15, 0.2) is 5.69 Å². The van der Waals surface area contributed by atoms with Crippen molar-refractivity contribution in [1.82, 2.24) is 15.0 Å². The van der Waals surface area contributed by atoms with E-state index >= 15 is 0 Å². The summed E-state index contributed by atoms with van der Waals surface area (Å²) in [5.41, 5.74) is 5.75. The molecule has 1 heterocycles. The Kier molecular flexibility index (Phi) is 3.05. The Morgan fingerprint density at radius 1 is 1.28 bits per heavy atom. The van der Waals surface area contributed by atoms with Crippen molar-refractivity contribution in [1.29, 1.82) is 0 Å². The number of hydrogen-bond acceptors (Lipinski definition) is 4. The fraction of sp³-hybridized carbons (Fsp3) is 0.0909. The molecule has 0 aliphatic heterocycles. The first-order valence-electron chi connectivity index (χ1n) is 5.10. The van der Waals surface area contributed by atoms with Gasteiger partial charge in [0.2, 0.25) is 5.91 Å². The highest BCUT2D eigenvalue weighted by Crippen LogP contribution is 2.21. The van der Waals surface area contributed by atoms with Crippen LogP contribution in [0.25, 0.3) is 11.3 Å². The third-order valence-electron chi connectivity index (χ3n) is 2.29. The molecule has 0 saturated carbocycles. The summed E-state index contributed by atoms with van der Waals surface area (Å²) >= 11 is 0. The summed E-state index contributed by atoms with van der Waals surface area (Å²) in [6, 6.07) is 8.72. The van der Waals surface area contributed by atoms with Crippen LogP contribution in [-0.2, 0) is 11.3 Å². The molecule has 1 aromatic carbocycles. The van der Waals surface area contributed by atoms with Crippen molar-refractivity contribution in [2.75, 3.05) is 0 Å². The highest BCUT2D eigenvalue weighted by Gasteiger charge is 2.20. The molecule has 92 valence electrons. The van der Waals surface area contributed by atoms with Gasteiger partial charge in [-0.2, -0.15) is 0 Å². The van der Waals surface area contributed by atoms with Gasteiger partial charge in [0.1, 0.15) is 12.2 Å². The number of carbonyl (C=O) groups is 2. The number of primary amides is 1. The fourth-order valence-corrected chi connectivity index (χ4v) is 1.60. The van der Waals surface area contributed by atoms with E-state index in [1.165, 1.54) is 4.68 Å². The first-order valence-corrected chi connectivity index (χ1v) is 5.10. The predicted molar refractivity (Wildman–Crippen MR) is 61.6 cm³/mol. The number of aromatic carboxylic acids is 1. The summed E-state index contributed by atoms with van der Waals surface area (Å²) < 4.78 is 1.18. The summed E-state index contributed by atoms with van der Waals surface area (Å²) in [4.78, 5) is 22.0. The van der Waals surface area contributed by atoms with Crippen molar-refractivity contribution >= 4 is 11.9 Å². The van der Waals surface area contributed by atoms with Crippen molar-refractivity contribution < 1.29 is 14.7 Å². The Hall–Kier alpha value is -2.70. The lowest BCUT2D eigenvalue weighted by atomic mass is 10.1. The molecule has 2 aromatic rings. The lowest BCUT2D eigenvalue weighted by molar-refractivity contribution is -0.118. The summed E-state index contributed by atoms with van der Waals surface area (Å²) in [5.74, 6) is -1.82. The SMILES string of the molecule is NC(=O)Cn1nnc(C(=O)O)c1-c1ccccc1. The second-order valence-corrected chi connectivity index (χ2v) is 3.58. The van der Waals surface area contributed by atoms with Crippen LogP contribution in [0.1, 0.15) is 10.5 Å². The molecule has 0 fully saturated rings. The Labute approximate surface area is 102 Å². The smallest absolute Gasteiger partial charge is 0.358 e. The summed E-state index contributed by atoms with van der Waals surface area (Å²) in [6.45, 7) is -0.218. The minimum Gasteiger partial charge on any atom is -0.476 e. The van der Waals surface area contributed by atoms with Gasteiger partial charge in [-0.3, -0.25) is 4.79 Å². The molecular formula is C11H10N4O3. The van der Waals surface area contributed by atoms with Crippen molar-refractivity contribution in [2.45, 2.75) is 6.54 Å². The number of benzene rings is 1. The zero-order chi connectivity index (χ0) is 13.1. The van der Waals surface area contributed by atoms with Crippen molar-refractivity contribution in [3.05, 3.63) is 36.0 Å². The van der Waals surface area contributed by atoms with Crippen LogP contribution in [0.5, 0.6) is 0 Å². The maximum Gasteiger partial charge on any atom is 0.358 e. The molecule has 0 unspecified atom stereocenters. The molecule has 1 aromatic heterocycles. The van der Waals surface area contributed by atoms with Gasteiger partial charge in [-0.15, -0.1) is 5.10 Å². The number of carboxylic acid groups (broad SMARTS) is 1. The summed E-state index contributed by atoms with van der Waals surface area (Å²) in [7, 11) is 0. The number of rotatable bonds is 4. The van der Waals surface area contributed by atoms with Gasteiger partial charge in [0.25, 0.3) is 0 Å². The van der Waals surface area contributed by atoms with E-state index in [1.54, 1.807) is 30.3 Å². The molecule has 3 N–H and O–H groups in total. The topological polar surface area (TPSA) is 111 Å². The standard InChI is InChI=1S/C11H10N4O3/c12-8(16)6-15-10(7-4-2-1-3-5-7)9(11(17)18)13-14-15/h1-5H,6H2,(H2,12,16)(H,17,18). The number of carboxylic acids is 1. The molecular weight excluding hydrogens is 236 g/mol. The van der Waals surface area contributed by atoms with Crippen LogP contribution < -0.4 is 5.73 Å². The molecule has 0 aliphatic carbocycles. The molecule has 7 heteroatoms. The maximum absolute atomic E-state index is 11.1. The normalized spacial score (nSPS) is 10.2. The van der Waals surface area contributed by atoms with Gasteiger partial charge in [-0.25, -0.2) is 9.48 Å². The number of amides is 1. The lowest BCUT2D eigenvalue weighted by Gasteiger charge is -2.04. The second-order valence-electron chi connectivity index (χ2n) is 3.58. The van der Waals surface area contributed by atoms with Gasteiger partial charge < -0.3 is 10.8 Å². The molecule has 1 amide bonds. The van der Waals surface area contributed by atoms with Crippen molar-refractivity contribution in [2.24, 2.45) is 5.73 Å². The first-order chi connectivity index (χ1) is 8.59. The second kappa shape index (κ2) is 4.66. The predicted octanol–water partition coefficient (Wildman–Crippen LogP) is 0.129. The van der Waals surface area contributed by atoms with Crippen LogP contribution in [0.4, 0.5) is 0 Å². The fourth-order valence-electron chi connectivity index (χ4n) is 1.60. The van der Waals surface area contributed by atoms with Gasteiger partial charge in [-0.05, 0) is 0 Å². The van der Waals surface area contributed by atoms with E-state index in [2.05, 4.69) is 10.3 Å². The Morgan fingerprint density at radius 3 is 2.50 bits per heavy atom. The van der Waals surface area contributed by atoms with Crippen LogP contribution >= 0.6 is 0 Å². The average Bonchev–Trinajstić information content (AvgIpc) is 2.73. The molecule has 7 nitrogen and oxygen atoms in total. The monoisotopic (exact) mass is 246 g/mol. The van der Waals surface area contributed by atoms with Gasteiger partial charge in [0.05, 0.1) is 0 Å². The number of nitrogens with two attached hydrogens (primary N) is 1. The molecule has 0 spiro atoms. The Bertz CT molecular complexity index is 592. The number of nitrogens with zero attached hydrogens (tertiary/aromatic N) is 3. The van der Waals surface area contributed by atoms with Crippen LogP contribution in [0.3, 0.4) is 0 Å². The molecule has 0 radical (unpaired) electrons. The van der Waals surface area contributed by atoms with Crippen LogP contribution in [0.15, 0.2) is 30.3 Å². The minimum absolute atomic E-state index is 0.206. The zero-order valence-electron chi connectivity index (χ0n) is 9.28. The van der Waals surface area contributed by atoms with Crippen molar-refractivity contribution in [3.8, 4) is 11.3 Å². The summed E-state index contributed by atoms with van der Waals surface area (Å²) in [6.07, 6.45) is 0. The third kappa shape index (κ3) is 2.19. The third-order valence-corrected chi connectivity index (χ3v) is 2.29. The first kappa shape index (κ1) is 11.8. The highest BCUT2D eigenvalue weighted by atomic mass is 16.4. The van der Waals surface area contributed by atoms with E-state index in [0.717, 1.165) is 0 Å². The van der Waals surface area contributed by atoms with E-state index in [9.17, 15) is 9.59 Å². The summed E-state index contributed by atoms with van der Waals surface area (Å²) in [5, 5.41) is 16.2.